The molecule has 0 aliphatic carbocycles. The van der Waals surface area contributed by atoms with Crippen LogP contribution < -0.4 is 15.2 Å². The Kier molecular flexibility index (Phi) is 5.72. The highest BCUT2D eigenvalue weighted by atomic mass is 16.5. The van der Waals surface area contributed by atoms with Crippen LogP contribution in [0, 0.1) is 0 Å². The number of piperidine rings is 1. The van der Waals surface area contributed by atoms with E-state index >= 15 is 0 Å². The normalized spacial score (nSPS) is 16.3. The van der Waals surface area contributed by atoms with Crippen LogP contribution in [-0.2, 0) is 4.79 Å². The van der Waals surface area contributed by atoms with Gasteiger partial charge in [-0.05, 0) is 30.5 Å². The lowest BCUT2D eigenvalue weighted by Gasteiger charge is -2.33. The number of hydrogen-bond acceptors (Lipinski definition) is 6. The van der Waals surface area contributed by atoms with Gasteiger partial charge in [0, 0.05) is 31.6 Å². The number of carbonyl (C=O) groups is 1. The predicted molar refractivity (Wildman–Crippen MR) is 96.0 cm³/mol. The number of hydrogen-bond donors (Lipinski definition) is 1. The summed E-state index contributed by atoms with van der Waals surface area (Å²) in [7, 11) is 3.17. The van der Waals surface area contributed by atoms with Crippen LogP contribution in [0.25, 0.3) is 0 Å². The highest BCUT2D eigenvalue weighted by Crippen LogP contribution is 2.30. The number of carbonyl (C=O) groups excluding carboxylic acids is 1. The summed E-state index contributed by atoms with van der Waals surface area (Å²) in [4.78, 5) is 14.5. The van der Waals surface area contributed by atoms with E-state index in [-0.39, 0.29) is 18.4 Å². The fourth-order valence-corrected chi connectivity index (χ4v) is 3.33. The minimum Gasteiger partial charge on any atom is -0.493 e. The van der Waals surface area contributed by atoms with Crippen LogP contribution in [0.4, 0.5) is 0 Å². The van der Waals surface area contributed by atoms with Crippen molar-refractivity contribution in [3.05, 3.63) is 36.4 Å². The standard InChI is InChI=1S/C18H25N5O3/c1-25-16-4-3-13(9-17(16)26-2)15(19)10-18(24)22-7-5-14(6-8-22)23-11-20-21-12-23/h3-4,9,11-12,14-15H,5-8,10,19H2,1-2H3. The van der Waals surface area contributed by atoms with Gasteiger partial charge in [-0.15, -0.1) is 10.2 Å². The van der Waals surface area contributed by atoms with Crippen molar-refractivity contribution in [2.24, 2.45) is 5.73 Å². The monoisotopic (exact) mass is 359 g/mol. The van der Waals surface area contributed by atoms with Crippen molar-refractivity contribution in [1.29, 1.82) is 0 Å². The van der Waals surface area contributed by atoms with Crippen molar-refractivity contribution < 1.29 is 14.3 Å². The Bertz CT molecular complexity index is 726. The lowest BCUT2D eigenvalue weighted by Crippen LogP contribution is -2.40. The second-order valence-electron chi connectivity index (χ2n) is 6.45. The number of nitrogens with two attached hydrogens (primary N) is 1. The van der Waals surface area contributed by atoms with Crippen molar-refractivity contribution in [1.82, 2.24) is 19.7 Å². The van der Waals surface area contributed by atoms with E-state index in [1.165, 1.54) is 0 Å². The largest absolute Gasteiger partial charge is 0.493 e. The number of nitrogens with zero attached hydrogens (tertiary/aromatic N) is 4. The number of methoxy groups -OCH3 is 2. The molecule has 8 heteroatoms. The molecule has 1 aromatic carbocycles. The van der Waals surface area contributed by atoms with Gasteiger partial charge >= 0.3 is 0 Å². The highest BCUT2D eigenvalue weighted by molar-refractivity contribution is 5.77. The van der Waals surface area contributed by atoms with E-state index in [1.807, 2.05) is 27.7 Å². The Labute approximate surface area is 152 Å². The molecule has 1 aliphatic rings. The summed E-state index contributed by atoms with van der Waals surface area (Å²) in [6, 6.07) is 5.49. The van der Waals surface area contributed by atoms with E-state index in [2.05, 4.69) is 10.2 Å². The molecule has 2 heterocycles. The molecule has 1 aliphatic heterocycles. The van der Waals surface area contributed by atoms with Gasteiger partial charge in [-0.25, -0.2) is 0 Å². The molecule has 140 valence electrons. The molecule has 2 aromatic rings. The van der Waals surface area contributed by atoms with E-state index in [0.717, 1.165) is 31.5 Å². The molecule has 26 heavy (non-hydrogen) atoms. The highest BCUT2D eigenvalue weighted by Gasteiger charge is 2.25. The molecule has 1 unspecified atom stereocenters. The molecule has 1 fully saturated rings. The predicted octanol–water partition coefficient (Wildman–Crippen LogP) is 1.55. The van der Waals surface area contributed by atoms with Crippen LogP contribution in [0.1, 0.15) is 36.9 Å². The zero-order chi connectivity index (χ0) is 18.5. The molecule has 1 amide bonds. The number of likely N-dealkylation sites (tertiary alicyclic amines) is 1. The van der Waals surface area contributed by atoms with Crippen LogP contribution in [0.3, 0.4) is 0 Å². The first kappa shape index (κ1) is 18.2. The van der Waals surface area contributed by atoms with E-state index in [1.54, 1.807) is 26.9 Å². The minimum absolute atomic E-state index is 0.0782. The zero-order valence-electron chi connectivity index (χ0n) is 15.2. The van der Waals surface area contributed by atoms with Gasteiger partial charge < -0.3 is 24.7 Å². The molecule has 8 nitrogen and oxygen atoms in total. The van der Waals surface area contributed by atoms with Gasteiger partial charge in [0.25, 0.3) is 0 Å². The summed E-state index contributed by atoms with van der Waals surface area (Å²) < 4.78 is 12.6. The van der Waals surface area contributed by atoms with Crippen molar-refractivity contribution in [2.75, 3.05) is 27.3 Å². The van der Waals surface area contributed by atoms with E-state index in [0.29, 0.717) is 17.5 Å². The zero-order valence-corrected chi connectivity index (χ0v) is 15.2. The van der Waals surface area contributed by atoms with E-state index in [9.17, 15) is 4.79 Å². The van der Waals surface area contributed by atoms with Crippen molar-refractivity contribution in [3.63, 3.8) is 0 Å². The van der Waals surface area contributed by atoms with Crippen molar-refractivity contribution in [3.8, 4) is 11.5 Å². The molecule has 1 aromatic heterocycles. The number of amides is 1. The summed E-state index contributed by atoms with van der Waals surface area (Å²) >= 11 is 0. The van der Waals surface area contributed by atoms with Gasteiger partial charge in [0.05, 0.1) is 14.2 Å². The lowest BCUT2D eigenvalue weighted by atomic mass is 10.0. The Morgan fingerprint density at radius 2 is 1.85 bits per heavy atom. The molecule has 1 saturated heterocycles. The van der Waals surface area contributed by atoms with Crippen LogP contribution in [0.2, 0.25) is 0 Å². The minimum atomic E-state index is -0.377. The van der Waals surface area contributed by atoms with Gasteiger partial charge in [-0.2, -0.15) is 0 Å². The van der Waals surface area contributed by atoms with Crippen LogP contribution >= 0.6 is 0 Å². The fraction of sp³-hybridized carbons (Fsp3) is 0.500. The number of benzene rings is 1. The second kappa shape index (κ2) is 8.18. The third kappa shape index (κ3) is 3.96. The first-order valence-electron chi connectivity index (χ1n) is 8.71. The first-order valence-corrected chi connectivity index (χ1v) is 8.71. The maximum Gasteiger partial charge on any atom is 0.224 e. The number of rotatable bonds is 6. The summed E-state index contributed by atoms with van der Waals surface area (Å²) in [5, 5.41) is 7.70. The first-order chi connectivity index (χ1) is 12.6. The fourth-order valence-electron chi connectivity index (χ4n) is 3.33. The molecule has 0 radical (unpaired) electrons. The molecule has 0 spiro atoms. The maximum atomic E-state index is 12.6. The van der Waals surface area contributed by atoms with Crippen LogP contribution in [0.15, 0.2) is 30.9 Å². The molecule has 0 saturated carbocycles. The molecule has 3 rings (SSSR count). The number of ether oxygens (including phenoxy) is 2. The van der Waals surface area contributed by atoms with E-state index in [4.69, 9.17) is 15.2 Å². The summed E-state index contributed by atoms with van der Waals surface area (Å²) in [5.74, 6) is 1.34. The van der Waals surface area contributed by atoms with Crippen molar-refractivity contribution in [2.45, 2.75) is 31.3 Å². The average molecular weight is 359 g/mol. The lowest BCUT2D eigenvalue weighted by molar-refractivity contribution is -0.132. The Morgan fingerprint density at radius 1 is 1.19 bits per heavy atom. The molecular weight excluding hydrogens is 334 g/mol. The molecule has 0 bridgehead atoms. The topological polar surface area (TPSA) is 95.5 Å². The van der Waals surface area contributed by atoms with Crippen LogP contribution in [-0.4, -0.2) is 52.9 Å². The third-order valence-corrected chi connectivity index (χ3v) is 4.91. The summed E-state index contributed by atoms with van der Waals surface area (Å²) in [6.45, 7) is 1.45. The average Bonchev–Trinajstić information content (AvgIpc) is 3.22. The molecular formula is C18H25N5O3. The number of aromatic nitrogens is 3. The quantitative estimate of drug-likeness (QED) is 0.841. The molecule has 1 atom stereocenters. The summed E-state index contributed by atoms with van der Waals surface area (Å²) in [6.07, 6.45) is 5.53. The van der Waals surface area contributed by atoms with Gasteiger partial charge in [-0.1, -0.05) is 6.07 Å². The van der Waals surface area contributed by atoms with E-state index < -0.39 is 0 Å². The van der Waals surface area contributed by atoms with Crippen molar-refractivity contribution >= 4 is 5.91 Å². The smallest absolute Gasteiger partial charge is 0.224 e. The Morgan fingerprint density at radius 3 is 2.46 bits per heavy atom. The van der Waals surface area contributed by atoms with Gasteiger partial charge in [0.1, 0.15) is 12.7 Å². The Balaban J connectivity index is 1.56. The second-order valence-corrected chi connectivity index (χ2v) is 6.45. The Hall–Kier alpha value is -2.61. The summed E-state index contributed by atoms with van der Waals surface area (Å²) in [5.41, 5.74) is 7.11. The maximum absolute atomic E-state index is 12.6. The SMILES string of the molecule is COc1ccc(C(N)CC(=O)N2CCC(n3cnnc3)CC2)cc1OC. The van der Waals surface area contributed by atoms with Gasteiger partial charge in [0.2, 0.25) is 5.91 Å². The van der Waals surface area contributed by atoms with Gasteiger partial charge in [0.15, 0.2) is 11.5 Å². The van der Waals surface area contributed by atoms with Gasteiger partial charge in [-0.3, -0.25) is 4.79 Å². The molecule has 2 N–H and O–H groups in total. The van der Waals surface area contributed by atoms with Crippen LogP contribution in [0.5, 0.6) is 11.5 Å². The third-order valence-electron chi connectivity index (χ3n) is 4.91.